The van der Waals surface area contributed by atoms with Crippen LogP contribution in [0.25, 0.3) is 0 Å². The van der Waals surface area contributed by atoms with E-state index in [1.165, 1.54) is 7.11 Å². The average molecular weight is 242 g/mol. The first-order valence-corrected chi connectivity index (χ1v) is 6.40. The topological polar surface area (TPSA) is 46.5 Å². The molecule has 0 saturated heterocycles. The summed E-state index contributed by atoms with van der Waals surface area (Å²) in [5.41, 5.74) is -1.67. The third-order valence-corrected chi connectivity index (χ3v) is 4.72. The zero-order chi connectivity index (χ0) is 13.5. The largest absolute Gasteiger partial charge is 0.469 e. The Morgan fingerprint density at radius 3 is 2.18 bits per heavy atom. The number of carbonyl (C=O) groups excluding carboxylic acids is 1. The Kier molecular flexibility index (Phi) is 3.64. The summed E-state index contributed by atoms with van der Waals surface area (Å²) in [6.45, 7) is 10.1. The van der Waals surface area contributed by atoms with Gasteiger partial charge in [0.1, 0.15) is 0 Å². The molecule has 0 aliphatic heterocycles. The number of esters is 1. The molecule has 0 bridgehead atoms. The molecule has 100 valence electrons. The van der Waals surface area contributed by atoms with E-state index in [2.05, 4.69) is 13.8 Å². The summed E-state index contributed by atoms with van der Waals surface area (Å²) in [5.74, 6) is -0.249. The van der Waals surface area contributed by atoms with Crippen LogP contribution in [0.2, 0.25) is 0 Å². The van der Waals surface area contributed by atoms with E-state index in [0.717, 1.165) is 6.42 Å². The molecule has 0 aromatic rings. The highest BCUT2D eigenvalue weighted by atomic mass is 16.5. The van der Waals surface area contributed by atoms with Crippen LogP contribution in [0.15, 0.2) is 0 Å². The second-order valence-corrected chi connectivity index (χ2v) is 6.72. The van der Waals surface area contributed by atoms with E-state index in [4.69, 9.17) is 4.74 Å². The molecule has 1 aliphatic carbocycles. The molecule has 1 aliphatic rings. The second-order valence-electron chi connectivity index (χ2n) is 6.72. The van der Waals surface area contributed by atoms with Gasteiger partial charge < -0.3 is 9.84 Å². The normalized spacial score (nSPS) is 31.3. The van der Waals surface area contributed by atoms with Crippen molar-refractivity contribution in [3.63, 3.8) is 0 Å². The number of aliphatic hydroxyl groups is 1. The molecule has 0 aromatic carbocycles. The van der Waals surface area contributed by atoms with Crippen LogP contribution in [-0.2, 0) is 9.53 Å². The summed E-state index contributed by atoms with van der Waals surface area (Å²) in [6.07, 6.45) is 2.27. The highest BCUT2D eigenvalue weighted by molar-refractivity contribution is 5.78. The lowest BCUT2D eigenvalue weighted by atomic mass is 9.64. The fourth-order valence-corrected chi connectivity index (χ4v) is 3.13. The Morgan fingerprint density at radius 1 is 1.35 bits per heavy atom. The van der Waals surface area contributed by atoms with Gasteiger partial charge in [-0.15, -0.1) is 0 Å². The summed E-state index contributed by atoms with van der Waals surface area (Å²) in [6, 6.07) is 0. The molecule has 2 unspecified atom stereocenters. The number of carbonyl (C=O) groups is 1. The van der Waals surface area contributed by atoms with E-state index in [1.807, 2.05) is 20.8 Å². The third-order valence-electron chi connectivity index (χ3n) is 4.72. The lowest BCUT2D eigenvalue weighted by molar-refractivity contribution is -0.178. The Morgan fingerprint density at radius 2 is 1.88 bits per heavy atom. The molecular formula is C14H26O3. The lowest BCUT2D eigenvalue weighted by Gasteiger charge is -2.44. The van der Waals surface area contributed by atoms with Crippen LogP contribution < -0.4 is 0 Å². The van der Waals surface area contributed by atoms with Gasteiger partial charge in [0.25, 0.3) is 0 Å². The van der Waals surface area contributed by atoms with Crippen molar-refractivity contribution in [2.24, 2.45) is 16.7 Å². The number of ether oxygens (including phenoxy) is 1. The molecule has 17 heavy (non-hydrogen) atoms. The highest BCUT2D eigenvalue weighted by Gasteiger charge is 2.59. The van der Waals surface area contributed by atoms with Crippen LogP contribution in [0.3, 0.4) is 0 Å². The molecule has 0 heterocycles. The first-order chi connectivity index (χ1) is 7.59. The van der Waals surface area contributed by atoms with Crippen molar-refractivity contribution < 1.29 is 14.6 Å². The van der Waals surface area contributed by atoms with Crippen molar-refractivity contribution >= 4 is 5.97 Å². The minimum Gasteiger partial charge on any atom is -0.469 e. The van der Waals surface area contributed by atoms with Crippen molar-refractivity contribution in [1.82, 2.24) is 0 Å². The SMILES string of the molecule is COC(=O)C(C)(C(C)C)C1(O)CCC(C)(C)C1. The van der Waals surface area contributed by atoms with Crippen LogP contribution >= 0.6 is 0 Å². The van der Waals surface area contributed by atoms with Gasteiger partial charge in [0.15, 0.2) is 0 Å². The van der Waals surface area contributed by atoms with Gasteiger partial charge in [0.2, 0.25) is 0 Å². The molecule has 0 amide bonds. The second kappa shape index (κ2) is 4.27. The van der Waals surface area contributed by atoms with Crippen molar-refractivity contribution in [2.75, 3.05) is 7.11 Å². The first kappa shape index (κ1) is 14.5. The summed E-state index contributed by atoms with van der Waals surface area (Å²) in [4.78, 5) is 12.1. The lowest BCUT2D eigenvalue weighted by Crippen LogP contribution is -2.54. The van der Waals surface area contributed by atoms with Gasteiger partial charge in [-0.25, -0.2) is 0 Å². The van der Waals surface area contributed by atoms with Crippen LogP contribution in [0, 0.1) is 16.7 Å². The van der Waals surface area contributed by atoms with E-state index >= 15 is 0 Å². The van der Waals surface area contributed by atoms with Crippen LogP contribution in [0.4, 0.5) is 0 Å². The fraction of sp³-hybridized carbons (Fsp3) is 0.929. The van der Waals surface area contributed by atoms with Gasteiger partial charge in [0.05, 0.1) is 18.1 Å². The van der Waals surface area contributed by atoms with Gasteiger partial charge >= 0.3 is 5.97 Å². The van der Waals surface area contributed by atoms with Crippen molar-refractivity contribution in [3.8, 4) is 0 Å². The molecular weight excluding hydrogens is 216 g/mol. The quantitative estimate of drug-likeness (QED) is 0.774. The molecule has 0 spiro atoms. The molecule has 0 radical (unpaired) electrons. The standard InChI is InChI=1S/C14H26O3/c1-10(2)13(5,11(15)17-6)14(16)8-7-12(3,4)9-14/h10,16H,7-9H2,1-6H3. The van der Waals surface area contributed by atoms with Crippen LogP contribution in [-0.4, -0.2) is 23.8 Å². The minimum atomic E-state index is -0.947. The van der Waals surface area contributed by atoms with E-state index < -0.39 is 11.0 Å². The maximum atomic E-state index is 12.1. The van der Waals surface area contributed by atoms with Gasteiger partial charge in [-0.05, 0) is 37.5 Å². The predicted molar refractivity (Wildman–Crippen MR) is 67.5 cm³/mol. The van der Waals surface area contributed by atoms with Crippen molar-refractivity contribution in [2.45, 2.75) is 59.5 Å². The van der Waals surface area contributed by atoms with Gasteiger partial charge in [0, 0.05) is 0 Å². The van der Waals surface area contributed by atoms with Gasteiger partial charge in [-0.3, -0.25) is 4.79 Å². The summed E-state index contributed by atoms with van der Waals surface area (Å²) in [7, 11) is 1.40. The number of rotatable bonds is 3. The van der Waals surface area contributed by atoms with E-state index in [-0.39, 0.29) is 17.3 Å². The average Bonchev–Trinajstić information content (AvgIpc) is 2.51. The Labute approximate surface area is 105 Å². The summed E-state index contributed by atoms with van der Waals surface area (Å²) in [5, 5.41) is 10.9. The Balaban J connectivity index is 3.13. The Hall–Kier alpha value is -0.570. The predicted octanol–water partition coefficient (Wildman–Crippen LogP) is 2.76. The molecule has 3 nitrogen and oxygen atoms in total. The highest BCUT2D eigenvalue weighted by Crippen LogP contribution is 2.54. The molecule has 3 heteroatoms. The van der Waals surface area contributed by atoms with Crippen molar-refractivity contribution in [1.29, 1.82) is 0 Å². The minimum absolute atomic E-state index is 0.0499. The van der Waals surface area contributed by atoms with E-state index in [0.29, 0.717) is 12.8 Å². The fourth-order valence-electron chi connectivity index (χ4n) is 3.13. The summed E-state index contributed by atoms with van der Waals surface area (Å²) >= 11 is 0. The maximum absolute atomic E-state index is 12.1. The third kappa shape index (κ3) is 2.22. The van der Waals surface area contributed by atoms with Crippen molar-refractivity contribution in [3.05, 3.63) is 0 Å². The maximum Gasteiger partial charge on any atom is 0.314 e. The molecule has 1 fully saturated rings. The van der Waals surface area contributed by atoms with Crippen LogP contribution in [0.1, 0.15) is 53.9 Å². The summed E-state index contributed by atoms with van der Waals surface area (Å²) < 4.78 is 4.92. The zero-order valence-electron chi connectivity index (χ0n) is 12.0. The number of hydrogen-bond acceptors (Lipinski definition) is 3. The van der Waals surface area contributed by atoms with E-state index in [1.54, 1.807) is 0 Å². The van der Waals surface area contributed by atoms with Gasteiger partial charge in [-0.1, -0.05) is 27.7 Å². The Bertz CT molecular complexity index is 309. The zero-order valence-corrected chi connectivity index (χ0v) is 12.0. The van der Waals surface area contributed by atoms with E-state index in [9.17, 15) is 9.90 Å². The number of methoxy groups -OCH3 is 1. The van der Waals surface area contributed by atoms with Crippen LogP contribution in [0.5, 0.6) is 0 Å². The number of hydrogen-bond donors (Lipinski definition) is 1. The molecule has 1 saturated carbocycles. The monoisotopic (exact) mass is 242 g/mol. The smallest absolute Gasteiger partial charge is 0.314 e. The first-order valence-electron chi connectivity index (χ1n) is 6.40. The molecule has 1 N–H and O–H groups in total. The molecule has 2 atom stereocenters. The molecule has 1 rings (SSSR count). The van der Waals surface area contributed by atoms with Gasteiger partial charge in [-0.2, -0.15) is 0 Å². The molecule has 0 aromatic heterocycles.